The lowest BCUT2D eigenvalue weighted by atomic mass is 10.1. The highest BCUT2D eigenvalue weighted by Crippen LogP contribution is 2.22. The molecule has 1 aromatic heterocycles. The number of primary amides is 1. The van der Waals surface area contributed by atoms with Gasteiger partial charge in [-0.05, 0) is 13.0 Å². The molecule has 0 fully saturated rings. The normalized spacial score (nSPS) is 9.22. The summed E-state index contributed by atoms with van der Waals surface area (Å²) in [6, 6.07) is 1.59. The van der Waals surface area contributed by atoms with Gasteiger partial charge in [0, 0.05) is 11.8 Å². The summed E-state index contributed by atoms with van der Waals surface area (Å²) in [5.74, 6) is -0.881. The van der Waals surface area contributed by atoms with Crippen LogP contribution in [-0.4, -0.2) is 30.6 Å². The van der Waals surface area contributed by atoms with Gasteiger partial charge in [0.1, 0.15) is 0 Å². The first-order valence-corrected chi connectivity index (χ1v) is 5.07. The fraction of sp³-hybridized carbons (Fsp3) is 0.364. The number of pyridine rings is 1. The van der Waals surface area contributed by atoms with E-state index in [0.717, 1.165) is 0 Å². The van der Waals surface area contributed by atoms with E-state index in [2.05, 4.69) is 4.98 Å². The zero-order chi connectivity index (χ0) is 12.8. The third-order valence-electron chi connectivity index (χ3n) is 2.06. The van der Waals surface area contributed by atoms with Crippen LogP contribution in [0, 0.1) is 0 Å². The highest BCUT2D eigenvalue weighted by Gasteiger charge is 2.17. The van der Waals surface area contributed by atoms with Crippen molar-refractivity contribution < 1.29 is 19.1 Å². The van der Waals surface area contributed by atoms with E-state index in [9.17, 15) is 9.59 Å². The van der Waals surface area contributed by atoms with Crippen molar-refractivity contribution in [1.29, 1.82) is 0 Å². The minimum Gasteiger partial charge on any atom is -0.494 e. The summed E-state index contributed by atoms with van der Waals surface area (Å²) in [5, 5.41) is 0. The molecule has 0 spiro atoms. The van der Waals surface area contributed by atoms with Crippen LogP contribution in [0.1, 0.15) is 23.0 Å². The number of ether oxygens (including phenoxy) is 2. The molecule has 1 amide bonds. The SMILES string of the molecule is CCOC(=O)Cc1ccnc(C(N)=O)c1OC.Cl. The van der Waals surface area contributed by atoms with Gasteiger partial charge in [-0.1, -0.05) is 0 Å². The molecule has 0 aromatic carbocycles. The van der Waals surface area contributed by atoms with E-state index in [4.69, 9.17) is 15.2 Å². The molecule has 0 unspecified atom stereocenters. The van der Waals surface area contributed by atoms with Gasteiger partial charge in [-0.3, -0.25) is 9.59 Å². The average molecular weight is 275 g/mol. The van der Waals surface area contributed by atoms with E-state index in [1.807, 2.05) is 0 Å². The van der Waals surface area contributed by atoms with Crippen molar-refractivity contribution in [2.75, 3.05) is 13.7 Å². The molecule has 1 aromatic rings. The molecular weight excluding hydrogens is 260 g/mol. The molecule has 0 saturated heterocycles. The van der Waals surface area contributed by atoms with Crippen LogP contribution in [0.25, 0.3) is 0 Å². The van der Waals surface area contributed by atoms with Crippen LogP contribution in [0.4, 0.5) is 0 Å². The number of esters is 1. The summed E-state index contributed by atoms with van der Waals surface area (Å²) in [6.45, 7) is 2.02. The Morgan fingerprint density at radius 2 is 2.11 bits per heavy atom. The number of amides is 1. The Hall–Kier alpha value is -1.82. The van der Waals surface area contributed by atoms with Crippen LogP contribution < -0.4 is 10.5 Å². The quantitative estimate of drug-likeness (QED) is 0.799. The molecule has 100 valence electrons. The lowest BCUT2D eigenvalue weighted by Crippen LogP contribution is -2.16. The molecule has 0 atom stereocenters. The first-order valence-electron chi connectivity index (χ1n) is 5.07. The smallest absolute Gasteiger partial charge is 0.310 e. The third-order valence-corrected chi connectivity index (χ3v) is 2.06. The van der Waals surface area contributed by atoms with E-state index in [-0.39, 0.29) is 30.3 Å². The van der Waals surface area contributed by atoms with Crippen molar-refractivity contribution in [2.24, 2.45) is 5.73 Å². The molecule has 1 rings (SSSR count). The molecular formula is C11H15ClN2O4. The van der Waals surface area contributed by atoms with Gasteiger partial charge < -0.3 is 15.2 Å². The number of hydrogen-bond acceptors (Lipinski definition) is 5. The van der Waals surface area contributed by atoms with Crippen molar-refractivity contribution in [1.82, 2.24) is 4.98 Å². The van der Waals surface area contributed by atoms with Crippen molar-refractivity contribution >= 4 is 24.3 Å². The van der Waals surface area contributed by atoms with Crippen LogP contribution in [0.15, 0.2) is 12.3 Å². The molecule has 2 N–H and O–H groups in total. The largest absolute Gasteiger partial charge is 0.494 e. The monoisotopic (exact) mass is 274 g/mol. The lowest BCUT2D eigenvalue weighted by molar-refractivity contribution is -0.142. The van der Waals surface area contributed by atoms with Gasteiger partial charge >= 0.3 is 5.97 Å². The van der Waals surface area contributed by atoms with Crippen molar-refractivity contribution in [3.63, 3.8) is 0 Å². The highest BCUT2D eigenvalue weighted by atomic mass is 35.5. The summed E-state index contributed by atoms with van der Waals surface area (Å²) in [5.41, 5.74) is 5.68. The van der Waals surface area contributed by atoms with Gasteiger partial charge in [0.05, 0.1) is 20.1 Å². The zero-order valence-electron chi connectivity index (χ0n) is 10.1. The van der Waals surface area contributed by atoms with E-state index in [0.29, 0.717) is 12.2 Å². The summed E-state index contributed by atoms with van der Waals surface area (Å²) < 4.78 is 9.86. The molecule has 7 heteroatoms. The zero-order valence-corrected chi connectivity index (χ0v) is 11.0. The maximum atomic E-state index is 11.3. The Labute approximate surface area is 111 Å². The molecule has 0 aliphatic carbocycles. The first-order chi connectivity index (χ1) is 8.10. The number of methoxy groups -OCH3 is 1. The van der Waals surface area contributed by atoms with Gasteiger partial charge in [0.2, 0.25) is 0 Å². The standard InChI is InChI=1S/C11H14N2O4.ClH/c1-3-17-8(14)6-7-4-5-13-9(11(12)15)10(7)16-2;/h4-5H,3,6H2,1-2H3,(H2,12,15);1H. The number of rotatable bonds is 5. The predicted molar refractivity (Wildman–Crippen MR) is 66.9 cm³/mol. The maximum absolute atomic E-state index is 11.3. The predicted octanol–water partition coefficient (Wildman–Crippen LogP) is 0.716. The molecule has 0 bridgehead atoms. The Morgan fingerprint density at radius 3 is 2.61 bits per heavy atom. The lowest BCUT2D eigenvalue weighted by Gasteiger charge is -2.10. The molecule has 1 heterocycles. The Kier molecular flexibility index (Phi) is 6.74. The third kappa shape index (κ3) is 3.89. The summed E-state index contributed by atoms with van der Waals surface area (Å²) in [6.07, 6.45) is 1.41. The molecule has 0 saturated carbocycles. The van der Waals surface area contributed by atoms with Crippen LogP contribution in [0.3, 0.4) is 0 Å². The summed E-state index contributed by atoms with van der Waals surface area (Å²) in [4.78, 5) is 26.3. The molecule has 0 radical (unpaired) electrons. The number of carbonyl (C=O) groups excluding carboxylic acids is 2. The number of hydrogen-bond donors (Lipinski definition) is 1. The van der Waals surface area contributed by atoms with Crippen molar-refractivity contribution in [3.8, 4) is 5.75 Å². The minimum atomic E-state index is -0.701. The molecule has 18 heavy (non-hydrogen) atoms. The number of halogens is 1. The van der Waals surface area contributed by atoms with Crippen LogP contribution >= 0.6 is 12.4 Å². The number of carbonyl (C=O) groups is 2. The number of nitrogens with zero attached hydrogens (tertiary/aromatic N) is 1. The highest BCUT2D eigenvalue weighted by molar-refractivity contribution is 5.94. The van der Waals surface area contributed by atoms with Gasteiger partial charge in [0.15, 0.2) is 11.4 Å². The molecule has 0 aliphatic heterocycles. The van der Waals surface area contributed by atoms with E-state index >= 15 is 0 Å². The minimum absolute atomic E-state index is 0. The summed E-state index contributed by atoms with van der Waals surface area (Å²) in [7, 11) is 1.39. The number of nitrogens with two attached hydrogens (primary N) is 1. The van der Waals surface area contributed by atoms with Gasteiger partial charge in [-0.2, -0.15) is 0 Å². The fourth-order valence-electron chi connectivity index (χ4n) is 1.40. The van der Waals surface area contributed by atoms with Gasteiger partial charge in [-0.15, -0.1) is 12.4 Å². The average Bonchev–Trinajstić information content (AvgIpc) is 2.28. The maximum Gasteiger partial charge on any atom is 0.310 e. The van der Waals surface area contributed by atoms with Crippen LogP contribution in [-0.2, 0) is 16.0 Å². The summed E-state index contributed by atoms with van der Waals surface area (Å²) >= 11 is 0. The second kappa shape index (κ2) is 7.50. The number of aromatic nitrogens is 1. The van der Waals surface area contributed by atoms with Crippen molar-refractivity contribution in [2.45, 2.75) is 13.3 Å². The Morgan fingerprint density at radius 1 is 1.44 bits per heavy atom. The van der Waals surface area contributed by atoms with Crippen molar-refractivity contribution in [3.05, 3.63) is 23.5 Å². The van der Waals surface area contributed by atoms with Crippen LogP contribution in [0.2, 0.25) is 0 Å². The fourth-order valence-corrected chi connectivity index (χ4v) is 1.40. The molecule has 6 nitrogen and oxygen atoms in total. The van der Waals surface area contributed by atoms with Gasteiger partial charge in [-0.25, -0.2) is 4.98 Å². The Bertz CT molecular complexity index is 437. The Balaban J connectivity index is 0.00000289. The first kappa shape index (κ1) is 16.2. The van der Waals surface area contributed by atoms with Gasteiger partial charge in [0.25, 0.3) is 5.91 Å². The van der Waals surface area contributed by atoms with Crippen LogP contribution in [0.5, 0.6) is 5.75 Å². The topological polar surface area (TPSA) is 91.5 Å². The second-order valence-electron chi connectivity index (χ2n) is 3.20. The van der Waals surface area contributed by atoms with E-state index in [1.165, 1.54) is 13.3 Å². The molecule has 0 aliphatic rings. The second-order valence-corrected chi connectivity index (χ2v) is 3.20. The van der Waals surface area contributed by atoms with E-state index < -0.39 is 11.9 Å². The van der Waals surface area contributed by atoms with E-state index in [1.54, 1.807) is 13.0 Å².